The average molecular weight is 259 g/mol. The summed E-state index contributed by atoms with van der Waals surface area (Å²) in [7, 11) is 5.34. The summed E-state index contributed by atoms with van der Waals surface area (Å²) >= 11 is 4.37. The minimum Gasteiger partial charge on any atom is -0.354 e. The summed E-state index contributed by atoms with van der Waals surface area (Å²) in [6.45, 7) is 1.23. The number of nitrogens with one attached hydrogen (secondary N) is 1. The topological polar surface area (TPSA) is 52.7 Å². The second-order valence-corrected chi connectivity index (χ2v) is 5.40. The number of nitrogens with zero attached hydrogens (tertiary/aromatic N) is 2. The van der Waals surface area contributed by atoms with Gasteiger partial charge < -0.3 is 10.2 Å². The highest BCUT2D eigenvalue weighted by molar-refractivity contribution is 7.81. The van der Waals surface area contributed by atoms with Crippen LogP contribution >= 0.6 is 12.6 Å². The molecule has 1 N–H and O–H groups in total. The normalized spacial score (nSPS) is 24.7. The van der Waals surface area contributed by atoms with E-state index in [4.69, 9.17) is 0 Å². The third-order valence-corrected chi connectivity index (χ3v) is 3.34. The second kappa shape index (κ2) is 6.26. The molecule has 1 saturated heterocycles. The number of hydrogen-bond donors (Lipinski definition) is 2. The van der Waals surface area contributed by atoms with Crippen molar-refractivity contribution in [2.75, 3.05) is 34.2 Å². The van der Waals surface area contributed by atoms with E-state index in [1.807, 2.05) is 11.9 Å². The van der Waals surface area contributed by atoms with E-state index in [-0.39, 0.29) is 23.1 Å². The Balaban J connectivity index is 2.28. The van der Waals surface area contributed by atoms with Crippen molar-refractivity contribution in [1.29, 1.82) is 0 Å². The molecule has 0 saturated carbocycles. The summed E-state index contributed by atoms with van der Waals surface area (Å²) in [5, 5.41) is 3.06. The molecule has 2 amide bonds. The van der Waals surface area contributed by atoms with Crippen LogP contribution in [0.2, 0.25) is 0 Å². The van der Waals surface area contributed by atoms with Crippen LogP contribution in [0.15, 0.2) is 0 Å². The molecule has 17 heavy (non-hydrogen) atoms. The maximum absolute atomic E-state index is 11.8. The summed E-state index contributed by atoms with van der Waals surface area (Å²) in [5.41, 5.74) is 0. The van der Waals surface area contributed by atoms with Crippen molar-refractivity contribution in [2.24, 2.45) is 0 Å². The molecule has 6 heteroatoms. The first-order valence-corrected chi connectivity index (χ1v) is 6.29. The van der Waals surface area contributed by atoms with Gasteiger partial charge in [-0.3, -0.25) is 14.5 Å². The van der Waals surface area contributed by atoms with E-state index in [2.05, 4.69) is 17.9 Å². The number of thiol groups is 1. The summed E-state index contributed by atoms with van der Waals surface area (Å²) in [5.74, 6) is 0.0211. The Morgan fingerprint density at radius 1 is 1.47 bits per heavy atom. The van der Waals surface area contributed by atoms with Gasteiger partial charge in [0.2, 0.25) is 11.8 Å². The van der Waals surface area contributed by atoms with Crippen LogP contribution < -0.4 is 5.32 Å². The number of carbonyl (C=O) groups is 2. The third kappa shape index (κ3) is 4.20. The minimum atomic E-state index is -0.105. The number of likely N-dealkylation sites (N-methyl/N-ethyl adjacent to an activating group) is 1. The molecular formula is C11H21N3O2S. The Hall–Kier alpha value is -0.750. The zero-order chi connectivity index (χ0) is 13.0. The van der Waals surface area contributed by atoms with E-state index < -0.39 is 0 Å². The van der Waals surface area contributed by atoms with Gasteiger partial charge in [0.15, 0.2) is 0 Å². The van der Waals surface area contributed by atoms with Gasteiger partial charge in [-0.25, -0.2) is 0 Å². The van der Waals surface area contributed by atoms with Crippen molar-refractivity contribution in [1.82, 2.24) is 15.1 Å². The van der Waals surface area contributed by atoms with Gasteiger partial charge in [0.1, 0.15) is 0 Å². The van der Waals surface area contributed by atoms with Crippen molar-refractivity contribution in [3.63, 3.8) is 0 Å². The van der Waals surface area contributed by atoms with Gasteiger partial charge in [-0.05, 0) is 13.5 Å². The molecule has 0 spiro atoms. The molecule has 0 unspecified atom stereocenters. The molecule has 1 aliphatic rings. The fourth-order valence-electron chi connectivity index (χ4n) is 1.91. The largest absolute Gasteiger partial charge is 0.354 e. The molecule has 1 fully saturated rings. The molecule has 1 heterocycles. The first-order chi connectivity index (χ1) is 7.91. The number of amides is 2. The maximum atomic E-state index is 11.8. The zero-order valence-electron chi connectivity index (χ0n) is 10.6. The van der Waals surface area contributed by atoms with Crippen LogP contribution in [0.4, 0.5) is 0 Å². The monoisotopic (exact) mass is 259 g/mol. The molecule has 1 aliphatic heterocycles. The molecule has 0 radical (unpaired) electrons. The molecule has 0 aromatic heterocycles. The summed E-state index contributed by atoms with van der Waals surface area (Å²) in [4.78, 5) is 26.7. The number of hydrogen-bond acceptors (Lipinski definition) is 4. The van der Waals surface area contributed by atoms with Crippen LogP contribution in [0.1, 0.15) is 12.8 Å². The smallest absolute Gasteiger partial charge is 0.237 e. The Bertz CT molecular complexity index is 296. The van der Waals surface area contributed by atoms with Crippen LogP contribution in [0.3, 0.4) is 0 Å². The molecule has 0 aliphatic carbocycles. The molecule has 0 bridgehead atoms. The average Bonchev–Trinajstić information content (AvgIpc) is 2.57. The van der Waals surface area contributed by atoms with Crippen molar-refractivity contribution < 1.29 is 9.59 Å². The quantitative estimate of drug-likeness (QED) is 0.675. The predicted molar refractivity (Wildman–Crippen MR) is 70.1 cm³/mol. The Morgan fingerprint density at radius 2 is 2.12 bits per heavy atom. The zero-order valence-corrected chi connectivity index (χ0v) is 11.5. The third-order valence-electron chi connectivity index (χ3n) is 2.97. The second-order valence-electron chi connectivity index (χ2n) is 4.67. The summed E-state index contributed by atoms with van der Waals surface area (Å²) < 4.78 is 0. The van der Waals surface area contributed by atoms with Gasteiger partial charge in [0.25, 0.3) is 0 Å². The van der Waals surface area contributed by atoms with Crippen molar-refractivity contribution in [3.8, 4) is 0 Å². The standard InChI is InChI=1S/C11H21N3O2S/c1-13(2)10(15)4-5-12-11(16)9-6-8(17)7-14(9)3/h8-9,17H,4-7H2,1-3H3,(H,12,16)/t8-,9-/m0/s1. The fraction of sp³-hybridized carbons (Fsp3) is 0.818. The Morgan fingerprint density at radius 3 is 2.59 bits per heavy atom. The molecule has 0 aromatic rings. The molecule has 2 atom stereocenters. The number of likely N-dealkylation sites (tertiary alicyclic amines) is 1. The SMILES string of the molecule is CN(C)C(=O)CCNC(=O)[C@@H]1C[C@H](S)CN1C. The van der Waals surface area contributed by atoms with E-state index in [9.17, 15) is 9.59 Å². The highest BCUT2D eigenvalue weighted by atomic mass is 32.1. The lowest BCUT2D eigenvalue weighted by Crippen LogP contribution is -2.42. The number of carbonyl (C=O) groups excluding carboxylic acids is 2. The van der Waals surface area contributed by atoms with Crippen LogP contribution in [0.25, 0.3) is 0 Å². The minimum absolute atomic E-state index is 0.00407. The summed E-state index contributed by atoms with van der Waals surface area (Å²) in [6.07, 6.45) is 1.12. The maximum Gasteiger partial charge on any atom is 0.237 e. The van der Waals surface area contributed by atoms with Gasteiger partial charge in [-0.2, -0.15) is 12.6 Å². The molecule has 5 nitrogen and oxygen atoms in total. The van der Waals surface area contributed by atoms with E-state index in [1.54, 1.807) is 14.1 Å². The fourth-order valence-corrected chi connectivity index (χ4v) is 2.37. The van der Waals surface area contributed by atoms with Gasteiger partial charge in [-0.15, -0.1) is 0 Å². The first-order valence-electron chi connectivity index (χ1n) is 5.78. The van der Waals surface area contributed by atoms with Crippen LogP contribution in [-0.4, -0.2) is 67.1 Å². The molecule has 1 rings (SSSR count). The number of rotatable bonds is 4. The Labute approximate surface area is 108 Å². The van der Waals surface area contributed by atoms with Crippen molar-refractivity contribution >= 4 is 24.4 Å². The molecule has 98 valence electrons. The first kappa shape index (κ1) is 14.3. The van der Waals surface area contributed by atoms with E-state index in [1.165, 1.54) is 4.90 Å². The summed E-state index contributed by atoms with van der Waals surface area (Å²) in [6, 6.07) is -0.105. The van der Waals surface area contributed by atoms with Crippen LogP contribution in [0.5, 0.6) is 0 Å². The lowest BCUT2D eigenvalue weighted by atomic mass is 10.2. The van der Waals surface area contributed by atoms with E-state index in [0.717, 1.165) is 13.0 Å². The lowest BCUT2D eigenvalue weighted by Gasteiger charge is -2.18. The molecular weight excluding hydrogens is 238 g/mol. The Kier molecular flexibility index (Phi) is 5.27. The lowest BCUT2D eigenvalue weighted by molar-refractivity contribution is -0.129. The predicted octanol–water partition coefficient (Wildman–Crippen LogP) is -0.417. The van der Waals surface area contributed by atoms with Crippen molar-refractivity contribution in [2.45, 2.75) is 24.1 Å². The van der Waals surface area contributed by atoms with Crippen molar-refractivity contribution in [3.05, 3.63) is 0 Å². The van der Waals surface area contributed by atoms with E-state index in [0.29, 0.717) is 13.0 Å². The molecule has 0 aromatic carbocycles. The van der Waals surface area contributed by atoms with Gasteiger partial charge in [-0.1, -0.05) is 0 Å². The van der Waals surface area contributed by atoms with E-state index >= 15 is 0 Å². The van der Waals surface area contributed by atoms with Crippen LogP contribution in [-0.2, 0) is 9.59 Å². The highest BCUT2D eigenvalue weighted by Crippen LogP contribution is 2.19. The van der Waals surface area contributed by atoms with Gasteiger partial charge >= 0.3 is 0 Å². The highest BCUT2D eigenvalue weighted by Gasteiger charge is 2.32. The van der Waals surface area contributed by atoms with Gasteiger partial charge in [0.05, 0.1) is 6.04 Å². The van der Waals surface area contributed by atoms with Gasteiger partial charge in [0, 0.05) is 38.9 Å². The van der Waals surface area contributed by atoms with Crippen LogP contribution in [0, 0.1) is 0 Å².